The van der Waals surface area contributed by atoms with E-state index in [1.807, 2.05) is 18.2 Å². The van der Waals surface area contributed by atoms with Crippen molar-refractivity contribution in [3.05, 3.63) is 23.8 Å². The summed E-state index contributed by atoms with van der Waals surface area (Å²) in [6, 6.07) is 5.92. The second kappa shape index (κ2) is 7.96. The first kappa shape index (κ1) is 13.8. The van der Waals surface area contributed by atoms with Crippen molar-refractivity contribution in [2.75, 3.05) is 27.3 Å². The number of hydrogen-bond acceptors (Lipinski definition) is 3. The summed E-state index contributed by atoms with van der Waals surface area (Å²) in [6.45, 7) is 4.30. The number of methoxy groups -OCH3 is 2. The Balaban J connectivity index is 2.55. The van der Waals surface area contributed by atoms with Crippen LogP contribution >= 0.6 is 0 Å². The third-order valence-corrected chi connectivity index (χ3v) is 2.74. The van der Waals surface area contributed by atoms with Crippen molar-refractivity contribution in [2.45, 2.75) is 26.2 Å². The monoisotopic (exact) mass is 237 g/mol. The second-order valence-electron chi connectivity index (χ2n) is 3.99. The van der Waals surface area contributed by atoms with E-state index in [0.29, 0.717) is 0 Å². The van der Waals surface area contributed by atoms with Gasteiger partial charge in [0, 0.05) is 5.56 Å². The van der Waals surface area contributed by atoms with Crippen LogP contribution in [-0.2, 0) is 6.42 Å². The lowest BCUT2D eigenvalue weighted by molar-refractivity contribution is 0.384. The van der Waals surface area contributed by atoms with Gasteiger partial charge in [-0.3, -0.25) is 0 Å². The lowest BCUT2D eigenvalue weighted by Gasteiger charge is -2.12. The third-order valence-electron chi connectivity index (χ3n) is 2.74. The highest BCUT2D eigenvalue weighted by molar-refractivity contribution is 5.44. The van der Waals surface area contributed by atoms with E-state index < -0.39 is 0 Å². The van der Waals surface area contributed by atoms with E-state index >= 15 is 0 Å². The third kappa shape index (κ3) is 4.27. The van der Waals surface area contributed by atoms with Crippen LogP contribution in [0.4, 0.5) is 0 Å². The molecular weight excluding hydrogens is 214 g/mol. The molecular formula is C14H23NO2. The highest BCUT2D eigenvalue weighted by Gasteiger charge is 2.08. The van der Waals surface area contributed by atoms with Crippen LogP contribution in [0.3, 0.4) is 0 Å². The molecule has 1 aromatic carbocycles. The summed E-state index contributed by atoms with van der Waals surface area (Å²) in [4.78, 5) is 0. The zero-order valence-electron chi connectivity index (χ0n) is 11.1. The summed E-state index contributed by atoms with van der Waals surface area (Å²) in [5.74, 6) is 1.83. The van der Waals surface area contributed by atoms with Crippen molar-refractivity contribution < 1.29 is 9.47 Å². The van der Waals surface area contributed by atoms with Crippen molar-refractivity contribution in [3.63, 3.8) is 0 Å². The molecule has 0 saturated carbocycles. The lowest BCUT2D eigenvalue weighted by atomic mass is 10.1. The maximum atomic E-state index is 5.37. The Morgan fingerprint density at radius 1 is 1.06 bits per heavy atom. The Morgan fingerprint density at radius 2 is 1.71 bits per heavy atom. The molecule has 0 radical (unpaired) electrons. The lowest BCUT2D eigenvalue weighted by Crippen LogP contribution is -2.16. The Morgan fingerprint density at radius 3 is 2.24 bits per heavy atom. The number of benzene rings is 1. The van der Waals surface area contributed by atoms with E-state index in [-0.39, 0.29) is 0 Å². The number of rotatable bonds is 8. The maximum Gasteiger partial charge on any atom is 0.125 e. The zero-order chi connectivity index (χ0) is 12.5. The average molecular weight is 237 g/mol. The van der Waals surface area contributed by atoms with Gasteiger partial charge in [-0.15, -0.1) is 0 Å². The Labute approximate surface area is 104 Å². The van der Waals surface area contributed by atoms with Gasteiger partial charge in [-0.2, -0.15) is 0 Å². The highest BCUT2D eigenvalue weighted by Crippen LogP contribution is 2.29. The fraction of sp³-hybridized carbons (Fsp3) is 0.571. The molecule has 1 N–H and O–H groups in total. The molecule has 0 fully saturated rings. The molecule has 0 amide bonds. The molecule has 96 valence electrons. The summed E-state index contributed by atoms with van der Waals surface area (Å²) < 4.78 is 10.7. The van der Waals surface area contributed by atoms with Crippen LogP contribution in [0.5, 0.6) is 11.5 Å². The van der Waals surface area contributed by atoms with Gasteiger partial charge in [0.25, 0.3) is 0 Å². The molecule has 0 unspecified atom stereocenters. The Kier molecular flexibility index (Phi) is 6.48. The maximum absolute atomic E-state index is 5.37. The first-order chi connectivity index (χ1) is 8.33. The molecule has 0 spiro atoms. The van der Waals surface area contributed by atoms with Crippen molar-refractivity contribution in [1.82, 2.24) is 5.32 Å². The molecule has 0 heterocycles. The summed E-state index contributed by atoms with van der Waals surface area (Å²) in [5, 5.41) is 3.40. The normalized spacial score (nSPS) is 10.3. The molecule has 3 nitrogen and oxygen atoms in total. The van der Waals surface area contributed by atoms with Crippen molar-refractivity contribution in [2.24, 2.45) is 0 Å². The topological polar surface area (TPSA) is 30.5 Å². The van der Waals surface area contributed by atoms with Gasteiger partial charge in [-0.05, 0) is 44.5 Å². The van der Waals surface area contributed by atoms with E-state index in [0.717, 1.165) is 43.0 Å². The summed E-state index contributed by atoms with van der Waals surface area (Å²) >= 11 is 0. The molecule has 17 heavy (non-hydrogen) atoms. The number of ether oxygens (including phenoxy) is 2. The largest absolute Gasteiger partial charge is 0.496 e. The minimum Gasteiger partial charge on any atom is -0.496 e. The molecule has 0 saturated heterocycles. The van der Waals surface area contributed by atoms with Crippen LogP contribution in [0.25, 0.3) is 0 Å². The van der Waals surface area contributed by atoms with Gasteiger partial charge in [-0.25, -0.2) is 0 Å². The van der Waals surface area contributed by atoms with Gasteiger partial charge in [0.2, 0.25) is 0 Å². The molecule has 0 aliphatic heterocycles. The van der Waals surface area contributed by atoms with Crippen LogP contribution in [0.2, 0.25) is 0 Å². The zero-order valence-corrected chi connectivity index (χ0v) is 11.1. The second-order valence-corrected chi connectivity index (χ2v) is 3.99. The molecule has 0 aromatic heterocycles. The van der Waals surface area contributed by atoms with E-state index in [4.69, 9.17) is 9.47 Å². The Bertz CT molecular complexity index is 304. The smallest absolute Gasteiger partial charge is 0.125 e. The van der Waals surface area contributed by atoms with Gasteiger partial charge in [0.05, 0.1) is 14.2 Å². The Hall–Kier alpha value is -1.22. The number of nitrogens with one attached hydrogen (secondary N) is 1. The van der Waals surface area contributed by atoms with Crippen LogP contribution in [0, 0.1) is 0 Å². The van der Waals surface area contributed by atoms with Crippen LogP contribution in [-0.4, -0.2) is 27.3 Å². The predicted molar refractivity (Wildman–Crippen MR) is 71.0 cm³/mol. The molecule has 1 aromatic rings. The van der Waals surface area contributed by atoms with Crippen molar-refractivity contribution in [3.8, 4) is 11.5 Å². The molecule has 3 heteroatoms. The van der Waals surface area contributed by atoms with Crippen LogP contribution in [0.15, 0.2) is 18.2 Å². The van der Waals surface area contributed by atoms with Gasteiger partial charge in [-0.1, -0.05) is 13.0 Å². The van der Waals surface area contributed by atoms with Crippen LogP contribution < -0.4 is 14.8 Å². The van der Waals surface area contributed by atoms with Gasteiger partial charge < -0.3 is 14.8 Å². The highest BCUT2D eigenvalue weighted by atomic mass is 16.5. The van der Waals surface area contributed by atoms with E-state index in [1.54, 1.807) is 14.2 Å². The minimum atomic E-state index is 0.917. The molecule has 0 aliphatic rings. The van der Waals surface area contributed by atoms with Gasteiger partial charge >= 0.3 is 0 Å². The fourth-order valence-corrected chi connectivity index (χ4v) is 1.87. The molecule has 1 rings (SSSR count). The van der Waals surface area contributed by atoms with E-state index in [1.165, 1.54) is 6.42 Å². The first-order valence-electron chi connectivity index (χ1n) is 6.24. The first-order valence-corrected chi connectivity index (χ1v) is 6.24. The van der Waals surface area contributed by atoms with Gasteiger partial charge in [0.1, 0.15) is 11.5 Å². The van der Waals surface area contributed by atoms with Crippen molar-refractivity contribution in [1.29, 1.82) is 0 Å². The predicted octanol–water partition coefficient (Wildman–Crippen LogP) is 2.64. The van der Waals surface area contributed by atoms with Gasteiger partial charge in [0.15, 0.2) is 0 Å². The van der Waals surface area contributed by atoms with E-state index in [9.17, 15) is 0 Å². The van der Waals surface area contributed by atoms with Crippen LogP contribution in [0.1, 0.15) is 25.3 Å². The fourth-order valence-electron chi connectivity index (χ4n) is 1.87. The van der Waals surface area contributed by atoms with E-state index in [2.05, 4.69) is 12.2 Å². The molecule has 0 bridgehead atoms. The summed E-state index contributed by atoms with van der Waals surface area (Å²) in [6.07, 6.45) is 3.25. The minimum absolute atomic E-state index is 0.917. The number of hydrogen-bond donors (Lipinski definition) is 1. The SMILES string of the molecule is CCCNCCCc1c(OC)cccc1OC. The standard InChI is InChI=1S/C14H23NO2/c1-4-10-15-11-6-7-12-13(16-2)8-5-9-14(12)17-3/h5,8-9,15H,4,6-7,10-11H2,1-3H3. The molecule has 0 aliphatic carbocycles. The van der Waals surface area contributed by atoms with Crippen molar-refractivity contribution >= 4 is 0 Å². The average Bonchev–Trinajstić information content (AvgIpc) is 2.38. The summed E-state index contributed by atoms with van der Waals surface area (Å²) in [5.41, 5.74) is 1.16. The quantitative estimate of drug-likeness (QED) is 0.705. The molecule has 0 atom stereocenters. The summed E-state index contributed by atoms with van der Waals surface area (Å²) in [7, 11) is 3.40.